The topological polar surface area (TPSA) is 101 Å². The molecule has 3 aromatic rings. The van der Waals surface area contributed by atoms with Crippen molar-refractivity contribution >= 4 is 23.5 Å². The van der Waals surface area contributed by atoms with E-state index < -0.39 is 5.82 Å². The van der Waals surface area contributed by atoms with E-state index in [2.05, 4.69) is 40.8 Å². The number of aromatic nitrogens is 5. The lowest BCUT2D eigenvalue weighted by molar-refractivity contribution is -0.113. The minimum Gasteiger partial charge on any atom is -0.310 e. The van der Waals surface area contributed by atoms with Crippen LogP contribution in [0.2, 0.25) is 0 Å². The summed E-state index contributed by atoms with van der Waals surface area (Å²) < 4.78 is 17.1. The summed E-state index contributed by atoms with van der Waals surface area (Å²) in [4.78, 5) is 12.7. The lowest BCUT2D eigenvalue weighted by atomic mass is 10.2. The molecule has 2 heterocycles. The second kappa shape index (κ2) is 9.09. The first-order chi connectivity index (χ1) is 14.3. The SMILES string of the molecule is Cc1c(C#N)c(NC(=O)CSc2nnnn2CC(C)C)n(-c2cccc(F)c2)c1C. The number of tetrazole rings is 1. The van der Waals surface area contributed by atoms with E-state index in [1.165, 1.54) is 23.9 Å². The summed E-state index contributed by atoms with van der Waals surface area (Å²) in [5.74, 6) is 0.0358. The third-order valence-electron chi connectivity index (χ3n) is 4.52. The number of nitriles is 1. The van der Waals surface area contributed by atoms with Gasteiger partial charge in [-0.2, -0.15) is 5.26 Å². The average Bonchev–Trinajstić information content (AvgIpc) is 3.21. The van der Waals surface area contributed by atoms with Crippen LogP contribution < -0.4 is 5.32 Å². The molecule has 0 saturated carbocycles. The lowest BCUT2D eigenvalue weighted by Gasteiger charge is -2.13. The zero-order valence-electron chi connectivity index (χ0n) is 17.2. The van der Waals surface area contributed by atoms with Crippen molar-refractivity contribution in [3.8, 4) is 11.8 Å². The van der Waals surface area contributed by atoms with E-state index in [9.17, 15) is 14.4 Å². The zero-order valence-corrected chi connectivity index (χ0v) is 18.0. The molecule has 0 saturated heterocycles. The van der Waals surface area contributed by atoms with Gasteiger partial charge in [0.25, 0.3) is 0 Å². The Labute approximate surface area is 178 Å². The largest absolute Gasteiger partial charge is 0.310 e. The Kier molecular flexibility index (Phi) is 6.52. The van der Waals surface area contributed by atoms with Gasteiger partial charge in [0.2, 0.25) is 11.1 Å². The van der Waals surface area contributed by atoms with Crippen LogP contribution in [0.4, 0.5) is 10.2 Å². The van der Waals surface area contributed by atoms with Crippen molar-refractivity contribution in [3.63, 3.8) is 0 Å². The number of nitrogens with zero attached hydrogens (tertiary/aromatic N) is 6. The van der Waals surface area contributed by atoms with Crippen molar-refractivity contribution in [3.05, 3.63) is 46.9 Å². The number of hydrogen-bond donors (Lipinski definition) is 1. The predicted molar refractivity (Wildman–Crippen MR) is 112 cm³/mol. The highest BCUT2D eigenvalue weighted by Crippen LogP contribution is 2.30. The number of amides is 1. The first-order valence-corrected chi connectivity index (χ1v) is 10.4. The third-order valence-corrected chi connectivity index (χ3v) is 5.48. The van der Waals surface area contributed by atoms with Gasteiger partial charge >= 0.3 is 0 Å². The van der Waals surface area contributed by atoms with Crippen LogP contribution in [0.15, 0.2) is 29.4 Å². The van der Waals surface area contributed by atoms with Crippen molar-refractivity contribution in [2.45, 2.75) is 39.4 Å². The molecule has 0 aliphatic rings. The molecule has 2 aromatic heterocycles. The highest BCUT2D eigenvalue weighted by atomic mass is 32.2. The standard InChI is InChI=1S/C20H22FN7OS/c1-12(2)10-27-20(24-25-26-27)30-11-18(29)23-19-17(9-22)13(3)14(4)28(19)16-7-5-6-15(21)8-16/h5-8,12H,10-11H2,1-4H3,(H,23,29). The van der Waals surface area contributed by atoms with E-state index in [1.54, 1.807) is 28.3 Å². The fourth-order valence-electron chi connectivity index (χ4n) is 3.06. The minimum absolute atomic E-state index is 0.0652. The summed E-state index contributed by atoms with van der Waals surface area (Å²) in [5.41, 5.74) is 2.35. The van der Waals surface area contributed by atoms with E-state index in [4.69, 9.17) is 0 Å². The van der Waals surface area contributed by atoms with Crippen LogP contribution in [-0.2, 0) is 11.3 Å². The summed E-state index contributed by atoms with van der Waals surface area (Å²) in [6, 6.07) is 8.15. The summed E-state index contributed by atoms with van der Waals surface area (Å²) in [7, 11) is 0. The number of rotatable bonds is 7. The molecule has 3 rings (SSSR count). The number of thioether (sulfide) groups is 1. The third kappa shape index (κ3) is 4.52. The molecule has 1 N–H and O–H groups in total. The number of carbonyl (C=O) groups is 1. The second-order valence-corrected chi connectivity index (χ2v) is 8.18. The average molecular weight is 428 g/mol. The molecule has 0 radical (unpaired) electrons. The Morgan fingerprint density at radius 2 is 2.13 bits per heavy atom. The van der Waals surface area contributed by atoms with Gasteiger partial charge in [0, 0.05) is 12.2 Å². The van der Waals surface area contributed by atoms with E-state index in [-0.39, 0.29) is 11.7 Å². The van der Waals surface area contributed by atoms with Gasteiger partial charge < -0.3 is 5.32 Å². The number of nitrogens with one attached hydrogen (secondary N) is 1. The predicted octanol–water partition coefficient (Wildman–Crippen LogP) is 3.48. The normalized spacial score (nSPS) is 11.0. The highest BCUT2D eigenvalue weighted by Gasteiger charge is 2.21. The van der Waals surface area contributed by atoms with E-state index >= 15 is 0 Å². The van der Waals surface area contributed by atoms with Crippen molar-refractivity contribution in [2.75, 3.05) is 11.1 Å². The number of anilines is 1. The van der Waals surface area contributed by atoms with Crippen LogP contribution in [0.25, 0.3) is 5.69 Å². The Morgan fingerprint density at radius 3 is 2.80 bits per heavy atom. The van der Waals surface area contributed by atoms with Crippen LogP contribution in [0.3, 0.4) is 0 Å². The Morgan fingerprint density at radius 1 is 1.37 bits per heavy atom. The van der Waals surface area contributed by atoms with Gasteiger partial charge in [-0.3, -0.25) is 9.36 Å². The molecule has 0 fully saturated rings. The van der Waals surface area contributed by atoms with Crippen molar-refractivity contribution < 1.29 is 9.18 Å². The molecule has 8 nitrogen and oxygen atoms in total. The maximum absolute atomic E-state index is 13.8. The maximum atomic E-state index is 13.8. The van der Waals surface area contributed by atoms with Crippen LogP contribution in [0.1, 0.15) is 30.7 Å². The summed E-state index contributed by atoms with van der Waals surface area (Å²) in [5, 5.41) is 24.6. The zero-order chi connectivity index (χ0) is 21.8. The fourth-order valence-corrected chi connectivity index (χ4v) is 3.74. The van der Waals surface area contributed by atoms with Gasteiger partial charge in [0.05, 0.1) is 17.0 Å². The van der Waals surface area contributed by atoms with Crippen LogP contribution in [0.5, 0.6) is 0 Å². The van der Waals surface area contributed by atoms with E-state index in [0.29, 0.717) is 34.7 Å². The fraction of sp³-hybridized carbons (Fsp3) is 0.350. The molecule has 156 valence electrons. The first-order valence-electron chi connectivity index (χ1n) is 9.38. The van der Waals surface area contributed by atoms with Gasteiger partial charge in [-0.1, -0.05) is 31.7 Å². The van der Waals surface area contributed by atoms with Crippen LogP contribution in [0, 0.1) is 36.9 Å². The lowest BCUT2D eigenvalue weighted by Crippen LogP contribution is -2.18. The highest BCUT2D eigenvalue weighted by molar-refractivity contribution is 7.99. The number of halogens is 1. The molecule has 10 heteroatoms. The summed E-state index contributed by atoms with van der Waals surface area (Å²) in [6.45, 7) is 8.38. The van der Waals surface area contributed by atoms with Crippen LogP contribution >= 0.6 is 11.8 Å². The molecule has 1 amide bonds. The first kappa shape index (κ1) is 21.5. The molecule has 30 heavy (non-hydrogen) atoms. The maximum Gasteiger partial charge on any atom is 0.236 e. The minimum atomic E-state index is -0.401. The Bertz CT molecular complexity index is 1110. The molecular weight excluding hydrogens is 405 g/mol. The van der Waals surface area contributed by atoms with Gasteiger partial charge in [-0.15, -0.1) is 5.10 Å². The van der Waals surface area contributed by atoms with Crippen molar-refractivity contribution in [2.24, 2.45) is 5.92 Å². The monoisotopic (exact) mass is 427 g/mol. The van der Waals surface area contributed by atoms with E-state index in [1.807, 2.05) is 6.92 Å². The molecule has 1 aromatic carbocycles. The Balaban J connectivity index is 1.84. The quantitative estimate of drug-likeness (QED) is 0.579. The Hall–Kier alpha value is -3.19. The van der Waals surface area contributed by atoms with Gasteiger partial charge in [-0.05, 0) is 54.0 Å². The van der Waals surface area contributed by atoms with Crippen LogP contribution in [-0.4, -0.2) is 36.4 Å². The number of carbonyl (C=O) groups excluding carboxylic acids is 1. The molecule has 0 bridgehead atoms. The van der Waals surface area contributed by atoms with Crippen molar-refractivity contribution in [1.29, 1.82) is 5.26 Å². The molecule has 0 spiro atoms. The number of benzene rings is 1. The number of hydrogen-bond acceptors (Lipinski definition) is 6. The molecule has 0 unspecified atom stereocenters. The smallest absolute Gasteiger partial charge is 0.236 e. The van der Waals surface area contributed by atoms with Crippen molar-refractivity contribution in [1.82, 2.24) is 24.8 Å². The summed E-state index contributed by atoms with van der Waals surface area (Å²) >= 11 is 1.21. The van der Waals surface area contributed by atoms with E-state index in [0.717, 1.165) is 11.3 Å². The molecule has 0 aliphatic carbocycles. The molecule has 0 atom stereocenters. The second-order valence-electron chi connectivity index (χ2n) is 7.24. The van der Waals surface area contributed by atoms with Gasteiger partial charge in [-0.25, -0.2) is 9.07 Å². The molecular formula is C20H22FN7OS. The summed E-state index contributed by atoms with van der Waals surface area (Å²) in [6.07, 6.45) is 0. The molecule has 0 aliphatic heterocycles. The van der Waals surface area contributed by atoms with Gasteiger partial charge in [0.1, 0.15) is 17.7 Å². The van der Waals surface area contributed by atoms with Gasteiger partial charge in [0.15, 0.2) is 0 Å².